The van der Waals surface area contributed by atoms with E-state index in [2.05, 4.69) is 35.4 Å². The second-order valence-corrected chi connectivity index (χ2v) is 8.70. The van der Waals surface area contributed by atoms with E-state index >= 15 is 0 Å². The number of rotatable bonds is 7. The number of benzene rings is 2. The Kier molecular flexibility index (Phi) is 7.71. The van der Waals surface area contributed by atoms with Crippen molar-refractivity contribution in [2.45, 2.75) is 17.9 Å². The normalized spacial score (nSPS) is 12.0. The van der Waals surface area contributed by atoms with Crippen molar-refractivity contribution in [1.82, 2.24) is 4.72 Å². The number of halogens is 1. The van der Waals surface area contributed by atoms with Gasteiger partial charge in [0.15, 0.2) is 0 Å². The molecule has 0 bridgehead atoms. The van der Waals surface area contributed by atoms with Crippen LogP contribution in [-0.2, 0) is 24.3 Å². The molecule has 0 aliphatic heterocycles. The van der Waals surface area contributed by atoms with Crippen molar-refractivity contribution >= 4 is 49.5 Å². The maximum atomic E-state index is 12.5. The number of amides is 1. The van der Waals surface area contributed by atoms with Crippen molar-refractivity contribution in [3.63, 3.8) is 0 Å². The van der Waals surface area contributed by atoms with Gasteiger partial charge in [0.1, 0.15) is 0 Å². The van der Waals surface area contributed by atoms with Crippen LogP contribution in [0.4, 0.5) is 5.69 Å². The molecule has 0 fully saturated rings. The number of hydrogen-bond acceptors (Lipinski definition) is 7. The third kappa shape index (κ3) is 5.88. The highest BCUT2D eigenvalue weighted by Gasteiger charge is 2.23. The van der Waals surface area contributed by atoms with E-state index in [0.717, 1.165) is 0 Å². The van der Waals surface area contributed by atoms with Crippen molar-refractivity contribution in [3.8, 4) is 0 Å². The summed E-state index contributed by atoms with van der Waals surface area (Å²) in [5.41, 5.74) is 0.121. The monoisotopic (exact) mass is 498 g/mol. The minimum Gasteiger partial charge on any atom is -0.465 e. The van der Waals surface area contributed by atoms with Crippen LogP contribution in [0.1, 0.15) is 27.6 Å². The molecule has 0 aliphatic rings. The molecule has 160 valence electrons. The molecule has 0 spiro atoms. The lowest BCUT2D eigenvalue weighted by Gasteiger charge is -2.15. The quantitative estimate of drug-likeness (QED) is 0.560. The Balaban J connectivity index is 2.22. The highest BCUT2D eigenvalue weighted by Crippen LogP contribution is 2.18. The molecule has 0 saturated carbocycles. The van der Waals surface area contributed by atoms with Crippen LogP contribution in [0.5, 0.6) is 0 Å². The molecule has 30 heavy (non-hydrogen) atoms. The fourth-order valence-electron chi connectivity index (χ4n) is 2.39. The van der Waals surface area contributed by atoms with Gasteiger partial charge in [0.25, 0.3) is 0 Å². The smallest absolute Gasteiger partial charge is 0.337 e. The number of anilines is 1. The number of ether oxygens (including phenoxy) is 2. The van der Waals surface area contributed by atoms with Crippen LogP contribution < -0.4 is 10.0 Å². The molecule has 1 atom stereocenters. The number of sulfonamides is 1. The zero-order valence-corrected chi connectivity index (χ0v) is 18.7. The first-order valence-corrected chi connectivity index (χ1v) is 10.8. The second-order valence-electron chi connectivity index (χ2n) is 6.07. The van der Waals surface area contributed by atoms with Crippen molar-refractivity contribution in [2.75, 3.05) is 19.5 Å². The number of carbonyl (C=O) groups is 3. The zero-order chi connectivity index (χ0) is 22.5. The van der Waals surface area contributed by atoms with Crippen molar-refractivity contribution in [2.24, 2.45) is 0 Å². The summed E-state index contributed by atoms with van der Waals surface area (Å²) in [5, 5.41) is 2.47. The van der Waals surface area contributed by atoms with Gasteiger partial charge in [-0.1, -0.05) is 15.9 Å². The molecule has 2 aromatic carbocycles. The van der Waals surface area contributed by atoms with E-state index in [4.69, 9.17) is 0 Å². The Morgan fingerprint density at radius 1 is 0.933 bits per heavy atom. The van der Waals surface area contributed by atoms with E-state index < -0.39 is 33.9 Å². The van der Waals surface area contributed by atoms with E-state index in [1.165, 1.54) is 51.5 Å². The van der Waals surface area contributed by atoms with Gasteiger partial charge in [-0.05, 0) is 49.4 Å². The zero-order valence-electron chi connectivity index (χ0n) is 16.3. The first-order chi connectivity index (χ1) is 14.1. The van der Waals surface area contributed by atoms with Crippen LogP contribution >= 0.6 is 15.9 Å². The Bertz CT molecular complexity index is 1030. The van der Waals surface area contributed by atoms with Crippen LogP contribution in [0, 0.1) is 0 Å². The molecule has 1 amide bonds. The Labute approximate surface area is 181 Å². The molecule has 11 heteroatoms. The first-order valence-electron chi connectivity index (χ1n) is 8.48. The molecule has 0 aliphatic carbocycles. The average molecular weight is 499 g/mol. The van der Waals surface area contributed by atoms with E-state index in [-0.39, 0.29) is 21.7 Å². The van der Waals surface area contributed by atoms with Crippen molar-refractivity contribution < 1.29 is 32.3 Å². The Morgan fingerprint density at radius 2 is 1.43 bits per heavy atom. The van der Waals surface area contributed by atoms with Crippen molar-refractivity contribution in [1.29, 1.82) is 0 Å². The molecule has 0 aromatic heterocycles. The lowest BCUT2D eigenvalue weighted by Crippen LogP contribution is -2.41. The van der Waals surface area contributed by atoms with Gasteiger partial charge < -0.3 is 14.8 Å². The molecular weight excluding hydrogens is 480 g/mol. The molecule has 2 aromatic rings. The summed E-state index contributed by atoms with van der Waals surface area (Å²) in [6.07, 6.45) is 0. The first kappa shape index (κ1) is 23.5. The SMILES string of the molecule is COC(=O)c1cc(NC(=O)[C@@H](C)NS(=O)(=O)c2ccc(Br)cc2)cc(C(=O)OC)c1. The summed E-state index contributed by atoms with van der Waals surface area (Å²) >= 11 is 3.22. The van der Waals surface area contributed by atoms with Crippen molar-refractivity contribution in [3.05, 3.63) is 58.1 Å². The highest BCUT2D eigenvalue weighted by molar-refractivity contribution is 9.10. The van der Waals surface area contributed by atoms with Gasteiger partial charge >= 0.3 is 11.9 Å². The molecule has 9 nitrogen and oxygen atoms in total. The Morgan fingerprint density at radius 3 is 1.90 bits per heavy atom. The number of methoxy groups -OCH3 is 2. The van der Waals surface area contributed by atoms with E-state index in [1.54, 1.807) is 12.1 Å². The Hall–Kier alpha value is -2.76. The van der Waals surface area contributed by atoms with E-state index in [1.807, 2.05) is 0 Å². The molecule has 2 N–H and O–H groups in total. The summed E-state index contributed by atoms with van der Waals surface area (Å²) in [6, 6.07) is 8.60. The van der Waals surface area contributed by atoms with E-state index in [0.29, 0.717) is 4.47 Å². The fourth-order valence-corrected chi connectivity index (χ4v) is 3.86. The predicted octanol–water partition coefficient (Wildman–Crippen LogP) is 2.33. The van der Waals surface area contributed by atoms with Crippen LogP contribution in [0.25, 0.3) is 0 Å². The van der Waals surface area contributed by atoms with Gasteiger partial charge in [0, 0.05) is 10.2 Å². The van der Waals surface area contributed by atoms with Gasteiger partial charge in [0.05, 0.1) is 36.3 Å². The molecule has 0 radical (unpaired) electrons. The third-order valence-corrected chi connectivity index (χ3v) is 5.98. The number of hydrogen-bond donors (Lipinski definition) is 2. The van der Waals surface area contributed by atoms with Crippen LogP contribution in [0.15, 0.2) is 51.8 Å². The summed E-state index contributed by atoms with van der Waals surface area (Å²) in [5.74, 6) is -2.14. The standard InChI is InChI=1S/C19H19BrN2O7S/c1-11(22-30(26,27)16-6-4-14(20)5-7-16)17(23)21-15-9-12(18(24)28-2)8-13(10-15)19(25)29-3/h4-11,22H,1-3H3,(H,21,23)/t11-/m1/s1. The summed E-state index contributed by atoms with van der Waals surface area (Å²) in [7, 11) is -1.60. The lowest BCUT2D eigenvalue weighted by atomic mass is 10.1. The minimum atomic E-state index is -3.94. The third-order valence-electron chi connectivity index (χ3n) is 3.89. The molecule has 2 rings (SSSR count). The summed E-state index contributed by atoms with van der Waals surface area (Å²) < 4.78 is 37.1. The average Bonchev–Trinajstić information content (AvgIpc) is 2.72. The van der Waals surface area contributed by atoms with Gasteiger partial charge in [-0.15, -0.1) is 0 Å². The van der Waals surface area contributed by atoms with Gasteiger partial charge in [0.2, 0.25) is 15.9 Å². The van der Waals surface area contributed by atoms with Gasteiger partial charge in [-0.2, -0.15) is 4.72 Å². The minimum absolute atomic E-state index is 0.00832. The number of carbonyl (C=O) groups excluding carboxylic acids is 3. The van der Waals surface area contributed by atoms with Gasteiger partial charge in [-0.25, -0.2) is 18.0 Å². The number of nitrogens with one attached hydrogen (secondary N) is 2. The highest BCUT2D eigenvalue weighted by atomic mass is 79.9. The molecule has 0 saturated heterocycles. The topological polar surface area (TPSA) is 128 Å². The van der Waals surface area contributed by atoms with Gasteiger partial charge in [-0.3, -0.25) is 4.79 Å². The maximum absolute atomic E-state index is 12.5. The lowest BCUT2D eigenvalue weighted by molar-refractivity contribution is -0.117. The van der Waals surface area contributed by atoms with Crippen LogP contribution in [0.2, 0.25) is 0 Å². The molecule has 0 unspecified atom stereocenters. The number of esters is 2. The summed E-state index contributed by atoms with van der Waals surface area (Å²) in [6.45, 7) is 1.36. The fraction of sp³-hybridized carbons (Fsp3) is 0.211. The summed E-state index contributed by atoms with van der Waals surface area (Å²) in [4.78, 5) is 36.2. The largest absolute Gasteiger partial charge is 0.465 e. The van der Waals surface area contributed by atoms with E-state index in [9.17, 15) is 22.8 Å². The van der Waals surface area contributed by atoms with Crippen LogP contribution in [0.3, 0.4) is 0 Å². The predicted molar refractivity (Wildman–Crippen MR) is 112 cm³/mol. The maximum Gasteiger partial charge on any atom is 0.337 e. The molecular formula is C19H19BrN2O7S. The van der Waals surface area contributed by atoms with Crippen LogP contribution in [-0.4, -0.2) is 46.5 Å². The molecule has 0 heterocycles. The second kappa shape index (κ2) is 9.83.